The molecule has 0 aliphatic heterocycles. The third kappa shape index (κ3) is 4.43. The first-order valence-corrected chi connectivity index (χ1v) is 10.7. The number of rotatable bonds is 6. The Morgan fingerprint density at radius 1 is 1.07 bits per heavy atom. The number of benzene rings is 2. The smallest absolute Gasteiger partial charge is 0.251 e. The number of thiophene rings is 1. The van der Waals surface area contributed by atoms with Gasteiger partial charge in [0.25, 0.3) is 5.91 Å². The van der Waals surface area contributed by atoms with Gasteiger partial charge in [-0.3, -0.25) is 4.79 Å². The van der Waals surface area contributed by atoms with E-state index in [2.05, 4.69) is 5.32 Å². The van der Waals surface area contributed by atoms with Crippen molar-refractivity contribution < 1.29 is 17.6 Å². The summed E-state index contributed by atoms with van der Waals surface area (Å²) in [4.78, 5) is 13.0. The zero-order valence-electron chi connectivity index (χ0n) is 14.6. The second kappa shape index (κ2) is 8.02. The van der Waals surface area contributed by atoms with Gasteiger partial charge in [0.2, 0.25) is 0 Å². The van der Waals surface area contributed by atoms with Crippen LogP contribution in [0.15, 0.2) is 70.9 Å². The van der Waals surface area contributed by atoms with Crippen LogP contribution in [0.25, 0.3) is 0 Å². The first-order chi connectivity index (χ1) is 12.9. The molecule has 27 heavy (non-hydrogen) atoms. The van der Waals surface area contributed by atoms with Gasteiger partial charge in [0.1, 0.15) is 11.1 Å². The van der Waals surface area contributed by atoms with Crippen LogP contribution in [0, 0.1) is 12.7 Å². The molecular weight excluding hydrogens is 385 g/mol. The molecule has 0 unspecified atom stereocenters. The van der Waals surface area contributed by atoms with E-state index in [1.165, 1.54) is 23.5 Å². The number of carbonyl (C=O) groups excluding carboxylic acids is 1. The van der Waals surface area contributed by atoms with E-state index in [9.17, 15) is 17.6 Å². The van der Waals surface area contributed by atoms with Crippen LogP contribution >= 0.6 is 11.3 Å². The first-order valence-electron chi connectivity index (χ1n) is 8.25. The minimum Gasteiger partial charge on any atom is -0.350 e. The predicted octanol–water partition coefficient (Wildman–Crippen LogP) is 4.14. The highest BCUT2D eigenvalue weighted by atomic mass is 32.2. The van der Waals surface area contributed by atoms with Crippen molar-refractivity contribution in [3.63, 3.8) is 0 Å². The van der Waals surface area contributed by atoms with Crippen LogP contribution in [0.5, 0.6) is 0 Å². The molecule has 1 heterocycles. The summed E-state index contributed by atoms with van der Waals surface area (Å²) < 4.78 is 39.3. The van der Waals surface area contributed by atoms with Crippen molar-refractivity contribution in [2.75, 3.05) is 6.54 Å². The van der Waals surface area contributed by atoms with E-state index in [4.69, 9.17) is 0 Å². The molecule has 0 radical (unpaired) electrons. The molecule has 140 valence electrons. The fourth-order valence-electron chi connectivity index (χ4n) is 2.62. The van der Waals surface area contributed by atoms with E-state index in [1.807, 2.05) is 19.1 Å². The van der Waals surface area contributed by atoms with Gasteiger partial charge in [0.05, 0.1) is 4.90 Å². The number of aryl methyl sites for hydroxylation is 1. The number of sulfone groups is 1. The summed E-state index contributed by atoms with van der Waals surface area (Å²) in [6.45, 7) is 1.84. The number of halogens is 1. The van der Waals surface area contributed by atoms with Gasteiger partial charge in [0.15, 0.2) is 9.84 Å². The number of amides is 1. The van der Waals surface area contributed by atoms with E-state index in [0.717, 1.165) is 17.7 Å². The highest BCUT2D eigenvalue weighted by molar-refractivity contribution is 7.91. The van der Waals surface area contributed by atoms with Crippen LogP contribution in [0.3, 0.4) is 0 Å². The topological polar surface area (TPSA) is 63.2 Å². The summed E-state index contributed by atoms with van der Waals surface area (Å²) in [7, 11) is -3.80. The molecule has 0 saturated heterocycles. The molecule has 0 saturated carbocycles. The molecule has 3 aromatic rings. The van der Waals surface area contributed by atoms with E-state index in [1.54, 1.807) is 29.6 Å². The lowest BCUT2D eigenvalue weighted by atomic mass is 10.1. The lowest BCUT2D eigenvalue weighted by molar-refractivity contribution is 0.0953. The summed E-state index contributed by atoms with van der Waals surface area (Å²) >= 11 is 1.30. The van der Waals surface area contributed by atoms with Crippen LogP contribution in [0.4, 0.5) is 4.39 Å². The molecule has 1 aromatic heterocycles. The Hall–Kier alpha value is -2.51. The maximum Gasteiger partial charge on any atom is 0.251 e. The van der Waals surface area contributed by atoms with Gasteiger partial charge in [-0.25, -0.2) is 12.8 Å². The Morgan fingerprint density at radius 3 is 2.33 bits per heavy atom. The van der Waals surface area contributed by atoms with Crippen LogP contribution < -0.4 is 5.32 Å². The number of carbonyl (C=O) groups is 1. The van der Waals surface area contributed by atoms with Gasteiger partial charge in [-0.1, -0.05) is 23.8 Å². The Bertz CT molecular complexity index is 1010. The lowest BCUT2D eigenvalue weighted by Gasteiger charge is -2.17. The second-order valence-electron chi connectivity index (χ2n) is 6.08. The number of nitrogens with one attached hydrogen (secondary N) is 1. The average molecular weight is 404 g/mol. The average Bonchev–Trinajstić information content (AvgIpc) is 3.16. The second-order valence-corrected chi connectivity index (χ2v) is 9.19. The van der Waals surface area contributed by atoms with E-state index >= 15 is 0 Å². The Kier molecular flexibility index (Phi) is 5.72. The fourth-order valence-corrected chi connectivity index (χ4v) is 5.40. The Balaban J connectivity index is 1.85. The SMILES string of the molecule is Cc1ccc(C(=O)NC[C@@H](c2cccs2)S(=O)(=O)c2ccc(F)cc2)cc1. The van der Waals surface area contributed by atoms with Gasteiger partial charge in [-0.2, -0.15) is 0 Å². The standard InChI is InChI=1S/C20H18FNO3S2/c1-14-4-6-15(7-5-14)20(23)22-13-19(18-3-2-12-26-18)27(24,25)17-10-8-16(21)9-11-17/h2-12,19H,13H2,1H3,(H,22,23)/t19-/m0/s1. The van der Waals surface area contributed by atoms with Crippen molar-refractivity contribution in [3.05, 3.63) is 87.9 Å². The van der Waals surface area contributed by atoms with E-state index < -0.39 is 20.9 Å². The molecule has 0 spiro atoms. The molecule has 0 bridgehead atoms. The van der Waals surface area contributed by atoms with Crippen molar-refractivity contribution in [1.82, 2.24) is 5.32 Å². The Labute approximate surface area is 161 Å². The minimum atomic E-state index is -3.80. The summed E-state index contributed by atoms with van der Waals surface area (Å²) in [6.07, 6.45) is 0. The normalized spacial score (nSPS) is 12.5. The van der Waals surface area contributed by atoms with Crippen LogP contribution in [-0.4, -0.2) is 20.9 Å². The number of hydrogen-bond acceptors (Lipinski definition) is 4. The molecule has 4 nitrogen and oxygen atoms in total. The molecule has 3 rings (SSSR count). The van der Waals surface area contributed by atoms with Gasteiger partial charge < -0.3 is 5.32 Å². The zero-order valence-corrected chi connectivity index (χ0v) is 16.2. The van der Waals surface area contributed by atoms with Gasteiger partial charge in [0, 0.05) is 17.0 Å². The minimum absolute atomic E-state index is 0.0203. The van der Waals surface area contributed by atoms with Crippen molar-refractivity contribution >= 4 is 27.1 Å². The molecule has 0 aliphatic carbocycles. The molecule has 0 fully saturated rings. The van der Waals surface area contributed by atoms with Crippen LogP contribution in [-0.2, 0) is 9.84 Å². The molecule has 0 aliphatic rings. The van der Waals surface area contributed by atoms with Crippen molar-refractivity contribution in [2.24, 2.45) is 0 Å². The maximum absolute atomic E-state index is 13.2. The monoisotopic (exact) mass is 403 g/mol. The van der Waals surface area contributed by atoms with Crippen molar-refractivity contribution in [2.45, 2.75) is 17.1 Å². The molecular formula is C20H18FNO3S2. The molecule has 1 N–H and O–H groups in total. The highest BCUT2D eigenvalue weighted by Gasteiger charge is 2.30. The summed E-state index contributed by atoms with van der Waals surface area (Å²) in [5.74, 6) is -0.847. The number of hydrogen-bond donors (Lipinski definition) is 1. The maximum atomic E-state index is 13.2. The fraction of sp³-hybridized carbons (Fsp3) is 0.150. The van der Waals surface area contributed by atoms with Gasteiger partial charge in [-0.05, 0) is 54.8 Å². The predicted molar refractivity (Wildman–Crippen MR) is 104 cm³/mol. The van der Waals surface area contributed by atoms with E-state index in [0.29, 0.717) is 10.4 Å². The van der Waals surface area contributed by atoms with Crippen molar-refractivity contribution in [3.8, 4) is 0 Å². The van der Waals surface area contributed by atoms with Gasteiger partial charge in [-0.15, -0.1) is 11.3 Å². The summed E-state index contributed by atoms with van der Waals surface area (Å²) in [5.41, 5.74) is 1.49. The van der Waals surface area contributed by atoms with Crippen molar-refractivity contribution in [1.29, 1.82) is 0 Å². The highest BCUT2D eigenvalue weighted by Crippen LogP contribution is 2.31. The Morgan fingerprint density at radius 2 is 1.74 bits per heavy atom. The first kappa shape index (κ1) is 19.3. The lowest BCUT2D eigenvalue weighted by Crippen LogP contribution is -2.31. The molecule has 2 aromatic carbocycles. The van der Waals surface area contributed by atoms with Gasteiger partial charge >= 0.3 is 0 Å². The van der Waals surface area contributed by atoms with Crippen LogP contribution in [0.1, 0.15) is 26.0 Å². The molecule has 7 heteroatoms. The largest absolute Gasteiger partial charge is 0.350 e. The molecule has 1 amide bonds. The molecule has 1 atom stereocenters. The summed E-state index contributed by atoms with van der Waals surface area (Å²) in [6, 6.07) is 15.2. The zero-order chi connectivity index (χ0) is 19.4. The van der Waals surface area contributed by atoms with Crippen LogP contribution in [0.2, 0.25) is 0 Å². The third-order valence-electron chi connectivity index (χ3n) is 4.14. The summed E-state index contributed by atoms with van der Waals surface area (Å²) in [5, 5.41) is 3.54. The quantitative estimate of drug-likeness (QED) is 0.629. The van der Waals surface area contributed by atoms with E-state index in [-0.39, 0.29) is 17.3 Å². The third-order valence-corrected chi connectivity index (χ3v) is 7.37.